The molecular formula is C6H14S5. The van der Waals surface area contributed by atoms with Crippen molar-refractivity contribution in [3.63, 3.8) is 0 Å². The first kappa shape index (κ1) is 12.8. The maximum Gasteiger partial charge on any atom is 0.0516 e. The van der Waals surface area contributed by atoms with Gasteiger partial charge in [0.25, 0.3) is 0 Å². The van der Waals surface area contributed by atoms with Crippen LogP contribution in [0.25, 0.3) is 0 Å². The van der Waals surface area contributed by atoms with Gasteiger partial charge in [0.15, 0.2) is 0 Å². The minimum absolute atomic E-state index is 0.358. The van der Waals surface area contributed by atoms with Crippen LogP contribution in [0.15, 0.2) is 0 Å². The van der Waals surface area contributed by atoms with Crippen LogP contribution in [0.2, 0.25) is 0 Å². The number of thioether (sulfide) groups is 1. The molecule has 0 heterocycles. The standard InChI is InChI=1S/C6H14S5/c7-1-2-11-6(10)5(3-8)4-9/h5-10H,1-4H2. The van der Waals surface area contributed by atoms with E-state index < -0.39 is 0 Å². The summed E-state index contributed by atoms with van der Waals surface area (Å²) in [6.45, 7) is 0. The first-order valence-corrected chi connectivity index (χ1v) is 6.84. The van der Waals surface area contributed by atoms with Crippen molar-refractivity contribution in [2.75, 3.05) is 23.0 Å². The van der Waals surface area contributed by atoms with Gasteiger partial charge in [-0.05, 0) is 23.2 Å². The van der Waals surface area contributed by atoms with E-state index in [9.17, 15) is 0 Å². The van der Waals surface area contributed by atoms with Gasteiger partial charge in [0.1, 0.15) is 0 Å². The molecule has 0 amide bonds. The molecule has 0 bridgehead atoms. The molecule has 0 spiro atoms. The van der Waals surface area contributed by atoms with Gasteiger partial charge in [-0.25, -0.2) is 0 Å². The van der Waals surface area contributed by atoms with Crippen LogP contribution < -0.4 is 0 Å². The fraction of sp³-hybridized carbons (Fsp3) is 1.00. The van der Waals surface area contributed by atoms with E-state index in [0.717, 1.165) is 23.0 Å². The summed E-state index contributed by atoms with van der Waals surface area (Å²) in [6.07, 6.45) is 0. The van der Waals surface area contributed by atoms with Crippen molar-refractivity contribution in [3.05, 3.63) is 0 Å². The zero-order chi connectivity index (χ0) is 8.69. The van der Waals surface area contributed by atoms with Gasteiger partial charge in [0, 0.05) is 5.75 Å². The molecule has 0 N–H and O–H groups in total. The van der Waals surface area contributed by atoms with E-state index in [4.69, 9.17) is 0 Å². The van der Waals surface area contributed by atoms with Gasteiger partial charge < -0.3 is 0 Å². The topological polar surface area (TPSA) is 0 Å². The van der Waals surface area contributed by atoms with Crippen molar-refractivity contribution in [1.82, 2.24) is 0 Å². The largest absolute Gasteiger partial charge is 0.179 e. The van der Waals surface area contributed by atoms with E-state index in [1.807, 2.05) is 11.8 Å². The van der Waals surface area contributed by atoms with Crippen LogP contribution >= 0.6 is 62.3 Å². The van der Waals surface area contributed by atoms with Gasteiger partial charge in [-0.1, -0.05) is 0 Å². The summed E-state index contributed by atoms with van der Waals surface area (Å²) in [5.74, 6) is 4.17. The van der Waals surface area contributed by atoms with Crippen LogP contribution in [0.1, 0.15) is 0 Å². The Balaban J connectivity index is 3.51. The molecule has 1 unspecified atom stereocenters. The second-order valence-corrected chi connectivity index (χ2v) is 5.44. The van der Waals surface area contributed by atoms with Crippen LogP contribution in [-0.4, -0.2) is 27.6 Å². The molecule has 1 atom stereocenters. The van der Waals surface area contributed by atoms with Crippen LogP contribution in [0.4, 0.5) is 0 Å². The molecule has 0 aromatic carbocycles. The lowest BCUT2D eigenvalue weighted by Gasteiger charge is -2.18. The number of rotatable bonds is 6. The molecule has 0 rings (SSSR count). The van der Waals surface area contributed by atoms with Crippen LogP contribution in [-0.2, 0) is 0 Å². The number of thiol groups is 4. The molecule has 0 saturated heterocycles. The highest BCUT2D eigenvalue weighted by molar-refractivity contribution is 8.10. The van der Waals surface area contributed by atoms with Crippen LogP contribution in [0, 0.1) is 5.92 Å². The molecule has 0 nitrogen and oxygen atoms in total. The van der Waals surface area contributed by atoms with Crippen molar-refractivity contribution < 1.29 is 0 Å². The van der Waals surface area contributed by atoms with Gasteiger partial charge in [0.05, 0.1) is 4.58 Å². The quantitative estimate of drug-likeness (QED) is 0.412. The Morgan fingerprint density at radius 1 is 1.09 bits per heavy atom. The van der Waals surface area contributed by atoms with Crippen molar-refractivity contribution in [2.24, 2.45) is 5.92 Å². The SMILES string of the molecule is SCCSC(S)C(CS)CS. The van der Waals surface area contributed by atoms with Gasteiger partial charge >= 0.3 is 0 Å². The Morgan fingerprint density at radius 3 is 2.00 bits per heavy atom. The first-order chi connectivity index (χ1) is 5.26. The smallest absolute Gasteiger partial charge is 0.0516 e. The average Bonchev–Trinajstić information content (AvgIpc) is 2.03. The maximum atomic E-state index is 4.45. The Bertz CT molecular complexity index is 83.0. The first-order valence-electron chi connectivity index (χ1n) is 3.38. The highest BCUT2D eigenvalue weighted by Gasteiger charge is 2.14. The molecule has 11 heavy (non-hydrogen) atoms. The fourth-order valence-electron chi connectivity index (χ4n) is 0.548. The molecule has 0 fully saturated rings. The third-order valence-corrected chi connectivity index (χ3v) is 4.75. The Kier molecular flexibility index (Phi) is 9.68. The molecule has 0 radical (unpaired) electrons. The van der Waals surface area contributed by atoms with Crippen LogP contribution in [0.5, 0.6) is 0 Å². The molecule has 5 heteroatoms. The summed E-state index contributed by atoms with van der Waals surface area (Å²) in [4.78, 5) is 0. The zero-order valence-electron chi connectivity index (χ0n) is 6.18. The van der Waals surface area contributed by atoms with Crippen molar-refractivity contribution in [1.29, 1.82) is 0 Å². The minimum atomic E-state index is 0.358. The second-order valence-electron chi connectivity index (χ2n) is 2.11. The molecular weight excluding hydrogens is 232 g/mol. The second kappa shape index (κ2) is 8.35. The van der Waals surface area contributed by atoms with Gasteiger partial charge in [-0.2, -0.15) is 50.5 Å². The van der Waals surface area contributed by atoms with Gasteiger partial charge in [-0.15, -0.1) is 11.8 Å². The lowest BCUT2D eigenvalue weighted by atomic mass is 10.2. The normalized spacial score (nSPS) is 13.9. The van der Waals surface area contributed by atoms with Crippen molar-refractivity contribution >= 4 is 62.3 Å². The minimum Gasteiger partial charge on any atom is -0.179 e. The van der Waals surface area contributed by atoms with Crippen LogP contribution in [0.3, 0.4) is 0 Å². The molecule has 0 saturated carbocycles. The summed E-state index contributed by atoms with van der Waals surface area (Å²) >= 11 is 18.9. The Labute approximate surface area is 95.3 Å². The molecule has 0 aliphatic rings. The molecule has 0 aromatic heterocycles. The third kappa shape index (κ3) is 5.91. The van der Waals surface area contributed by atoms with E-state index in [1.54, 1.807) is 0 Å². The van der Waals surface area contributed by atoms with Crippen molar-refractivity contribution in [2.45, 2.75) is 4.58 Å². The van der Waals surface area contributed by atoms with E-state index in [1.165, 1.54) is 0 Å². The summed E-state index contributed by atoms with van der Waals surface area (Å²) in [7, 11) is 0. The molecule has 0 aliphatic carbocycles. The highest BCUT2D eigenvalue weighted by Crippen LogP contribution is 2.25. The summed E-state index contributed by atoms with van der Waals surface area (Å²) in [5.41, 5.74) is 0. The van der Waals surface area contributed by atoms with Gasteiger partial charge in [0.2, 0.25) is 0 Å². The van der Waals surface area contributed by atoms with E-state index in [2.05, 4.69) is 50.5 Å². The molecule has 0 aromatic rings. The van der Waals surface area contributed by atoms with E-state index >= 15 is 0 Å². The predicted molar refractivity (Wildman–Crippen MR) is 70.3 cm³/mol. The molecule has 0 aliphatic heterocycles. The van der Waals surface area contributed by atoms with Gasteiger partial charge in [-0.3, -0.25) is 0 Å². The lowest BCUT2D eigenvalue weighted by molar-refractivity contribution is 0.755. The molecule has 68 valence electrons. The summed E-state index contributed by atoms with van der Waals surface area (Å²) < 4.78 is 0.358. The highest BCUT2D eigenvalue weighted by atomic mass is 32.2. The Hall–Kier alpha value is 1.75. The predicted octanol–water partition coefficient (Wildman–Crippen LogP) is 2.38. The maximum absolute atomic E-state index is 4.45. The third-order valence-electron chi connectivity index (χ3n) is 1.25. The summed E-state index contributed by atoms with van der Waals surface area (Å²) in [5, 5.41) is 0. The average molecular weight is 247 g/mol. The fourth-order valence-corrected chi connectivity index (χ4v) is 3.70. The lowest BCUT2D eigenvalue weighted by Crippen LogP contribution is -2.16. The van der Waals surface area contributed by atoms with E-state index in [-0.39, 0.29) is 0 Å². The monoisotopic (exact) mass is 246 g/mol. The zero-order valence-corrected chi connectivity index (χ0v) is 10.6. The van der Waals surface area contributed by atoms with E-state index in [0.29, 0.717) is 10.5 Å². The van der Waals surface area contributed by atoms with Crippen molar-refractivity contribution in [3.8, 4) is 0 Å². The summed E-state index contributed by atoms with van der Waals surface area (Å²) in [6, 6.07) is 0. The number of hydrogen-bond acceptors (Lipinski definition) is 5. The number of hydrogen-bond donors (Lipinski definition) is 4. The Morgan fingerprint density at radius 2 is 1.64 bits per heavy atom.